The first-order valence-corrected chi connectivity index (χ1v) is 11.4. The molecule has 2 N–H and O–H groups in total. The highest BCUT2D eigenvalue weighted by Gasteiger charge is 2.20. The summed E-state index contributed by atoms with van der Waals surface area (Å²) in [5, 5.41) is 9.70. The Morgan fingerprint density at radius 2 is 1.91 bits per heavy atom. The van der Waals surface area contributed by atoms with Crippen LogP contribution in [0.2, 0.25) is 5.15 Å². The summed E-state index contributed by atoms with van der Waals surface area (Å²) in [6.07, 6.45) is 2.98. The van der Waals surface area contributed by atoms with Crippen LogP contribution in [0.15, 0.2) is 40.9 Å². The average molecular weight is 461 g/mol. The Kier molecular flexibility index (Phi) is 9.10. The molecule has 32 heavy (non-hydrogen) atoms. The number of aromatic nitrogens is 1. The van der Waals surface area contributed by atoms with Gasteiger partial charge in [-0.2, -0.15) is 0 Å². The molecule has 2 aromatic rings. The highest BCUT2D eigenvalue weighted by molar-refractivity contribution is 6.29. The van der Waals surface area contributed by atoms with Gasteiger partial charge in [-0.25, -0.2) is 0 Å². The second-order valence-electron chi connectivity index (χ2n) is 7.92. The number of hydrogen-bond acceptors (Lipinski definition) is 5. The first kappa shape index (κ1) is 23.8. The molecular weight excluding hydrogens is 432 g/mol. The molecule has 1 aliphatic heterocycles. The van der Waals surface area contributed by atoms with E-state index in [1.807, 2.05) is 18.2 Å². The molecular formula is C23H29ClN4O4. The third-order valence-corrected chi connectivity index (χ3v) is 5.71. The second kappa shape index (κ2) is 12.2. The summed E-state index contributed by atoms with van der Waals surface area (Å²) in [6.45, 7) is 1.31. The fraction of sp³-hybridized carbons (Fsp3) is 0.478. The van der Waals surface area contributed by atoms with E-state index >= 15 is 0 Å². The molecule has 8 nitrogen and oxygen atoms in total. The van der Waals surface area contributed by atoms with E-state index in [0.717, 1.165) is 18.4 Å². The standard InChI is InChI=1S/C23H29ClN4O4/c24-20-15-19(32-27-20)8-10-23(31)28-14-4-12-25-21(29)9-7-18(11-13-26-22(30)16-28)17-5-2-1-3-6-17/h1-3,5-6,15,18H,4,7-14,16H2,(H,25,29)(H,26,30). The number of rotatable bonds is 4. The number of aryl methyl sites for hydroxylation is 1. The molecule has 1 aliphatic rings. The summed E-state index contributed by atoms with van der Waals surface area (Å²) in [6, 6.07) is 11.6. The van der Waals surface area contributed by atoms with Crippen molar-refractivity contribution in [2.45, 2.75) is 44.4 Å². The number of benzene rings is 1. The molecule has 1 saturated heterocycles. The van der Waals surface area contributed by atoms with Crippen LogP contribution in [0.1, 0.15) is 49.3 Å². The maximum atomic E-state index is 12.7. The van der Waals surface area contributed by atoms with Gasteiger partial charge in [0.05, 0.1) is 6.54 Å². The van der Waals surface area contributed by atoms with Gasteiger partial charge in [-0.15, -0.1) is 0 Å². The monoisotopic (exact) mass is 460 g/mol. The van der Waals surface area contributed by atoms with Crippen LogP contribution in [0.5, 0.6) is 0 Å². The van der Waals surface area contributed by atoms with E-state index in [1.165, 1.54) is 4.90 Å². The minimum absolute atomic E-state index is 0.00657. The van der Waals surface area contributed by atoms with Crippen molar-refractivity contribution >= 4 is 29.3 Å². The van der Waals surface area contributed by atoms with Gasteiger partial charge in [0.2, 0.25) is 17.7 Å². The Labute approximate surface area is 192 Å². The maximum Gasteiger partial charge on any atom is 0.239 e. The minimum Gasteiger partial charge on any atom is -0.360 e. The van der Waals surface area contributed by atoms with Crippen LogP contribution >= 0.6 is 11.6 Å². The van der Waals surface area contributed by atoms with Crippen LogP contribution in [0.25, 0.3) is 0 Å². The third-order valence-electron chi connectivity index (χ3n) is 5.54. The summed E-state index contributed by atoms with van der Waals surface area (Å²) in [5.74, 6) is 0.361. The average Bonchev–Trinajstić information content (AvgIpc) is 3.21. The molecule has 0 saturated carbocycles. The van der Waals surface area contributed by atoms with E-state index in [9.17, 15) is 14.4 Å². The van der Waals surface area contributed by atoms with Crippen molar-refractivity contribution in [2.24, 2.45) is 0 Å². The predicted octanol–water partition coefficient (Wildman–Crippen LogP) is 2.68. The highest BCUT2D eigenvalue weighted by Crippen LogP contribution is 2.24. The minimum atomic E-state index is -0.186. The first-order valence-electron chi connectivity index (χ1n) is 11.0. The molecule has 1 fully saturated rings. The van der Waals surface area contributed by atoms with E-state index < -0.39 is 0 Å². The largest absolute Gasteiger partial charge is 0.360 e. The molecule has 1 unspecified atom stereocenters. The fourth-order valence-electron chi connectivity index (χ4n) is 3.80. The molecule has 2 heterocycles. The van der Waals surface area contributed by atoms with Crippen LogP contribution in [0.4, 0.5) is 0 Å². The molecule has 3 rings (SSSR count). The van der Waals surface area contributed by atoms with Gasteiger partial charge in [0, 0.05) is 45.0 Å². The number of hydrogen-bond donors (Lipinski definition) is 2. The van der Waals surface area contributed by atoms with Crippen molar-refractivity contribution in [3.8, 4) is 0 Å². The van der Waals surface area contributed by atoms with Gasteiger partial charge in [0.25, 0.3) is 0 Å². The van der Waals surface area contributed by atoms with Crippen LogP contribution in [0, 0.1) is 0 Å². The van der Waals surface area contributed by atoms with Gasteiger partial charge >= 0.3 is 0 Å². The molecule has 3 amide bonds. The number of halogens is 1. The molecule has 172 valence electrons. The van der Waals surface area contributed by atoms with Crippen LogP contribution in [-0.4, -0.2) is 54.0 Å². The van der Waals surface area contributed by atoms with E-state index in [2.05, 4.69) is 27.9 Å². The van der Waals surface area contributed by atoms with Gasteiger partial charge in [0.15, 0.2) is 5.15 Å². The Bertz CT molecular complexity index is 902. The number of amides is 3. The third kappa shape index (κ3) is 7.67. The van der Waals surface area contributed by atoms with E-state index in [-0.39, 0.29) is 41.8 Å². The lowest BCUT2D eigenvalue weighted by molar-refractivity contribution is -0.136. The summed E-state index contributed by atoms with van der Waals surface area (Å²) in [5.41, 5.74) is 1.16. The Morgan fingerprint density at radius 1 is 1.12 bits per heavy atom. The first-order chi connectivity index (χ1) is 15.5. The normalized spacial score (nSPS) is 19.0. The SMILES string of the molecule is O=C1CCC(c2ccccc2)CCNC(=O)CN(C(=O)CCc2cc(Cl)no2)CCCN1. The fourth-order valence-corrected chi connectivity index (χ4v) is 3.95. The molecule has 9 heteroatoms. The van der Waals surface area contributed by atoms with E-state index in [1.54, 1.807) is 6.07 Å². The van der Waals surface area contributed by atoms with E-state index in [0.29, 0.717) is 44.7 Å². The molecule has 0 aliphatic carbocycles. The number of carbonyl (C=O) groups excluding carboxylic acids is 3. The number of nitrogens with one attached hydrogen (secondary N) is 2. The van der Waals surface area contributed by atoms with Gasteiger partial charge in [-0.3, -0.25) is 14.4 Å². The highest BCUT2D eigenvalue weighted by atomic mass is 35.5. The zero-order valence-electron chi connectivity index (χ0n) is 18.0. The number of carbonyl (C=O) groups is 3. The van der Waals surface area contributed by atoms with Crippen molar-refractivity contribution in [3.63, 3.8) is 0 Å². The second-order valence-corrected chi connectivity index (χ2v) is 8.31. The van der Waals surface area contributed by atoms with Crippen molar-refractivity contribution < 1.29 is 18.9 Å². The molecule has 1 aromatic carbocycles. The van der Waals surface area contributed by atoms with Crippen LogP contribution in [0.3, 0.4) is 0 Å². The lowest BCUT2D eigenvalue weighted by Gasteiger charge is -2.24. The molecule has 1 aromatic heterocycles. The van der Waals surface area contributed by atoms with E-state index in [4.69, 9.17) is 16.1 Å². The molecule has 0 bridgehead atoms. The summed E-state index contributed by atoms with van der Waals surface area (Å²) in [4.78, 5) is 39.0. The summed E-state index contributed by atoms with van der Waals surface area (Å²) >= 11 is 5.74. The Hall–Kier alpha value is -2.87. The summed E-state index contributed by atoms with van der Waals surface area (Å²) in [7, 11) is 0. The van der Waals surface area contributed by atoms with Gasteiger partial charge in [-0.1, -0.05) is 47.1 Å². The van der Waals surface area contributed by atoms with Crippen LogP contribution < -0.4 is 10.6 Å². The smallest absolute Gasteiger partial charge is 0.239 e. The van der Waals surface area contributed by atoms with Crippen molar-refractivity contribution in [2.75, 3.05) is 26.2 Å². The van der Waals surface area contributed by atoms with Crippen molar-refractivity contribution in [1.29, 1.82) is 0 Å². The van der Waals surface area contributed by atoms with Gasteiger partial charge in [-0.05, 0) is 30.7 Å². The topological polar surface area (TPSA) is 105 Å². The predicted molar refractivity (Wildman–Crippen MR) is 120 cm³/mol. The molecule has 0 spiro atoms. The van der Waals surface area contributed by atoms with Gasteiger partial charge in [0.1, 0.15) is 5.76 Å². The quantitative estimate of drug-likeness (QED) is 0.729. The lowest BCUT2D eigenvalue weighted by Crippen LogP contribution is -2.42. The molecule has 1 atom stereocenters. The van der Waals surface area contributed by atoms with Crippen molar-refractivity contribution in [1.82, 2.24) is 20.7 Å². The zero-order chi connectivity index (χ0) is 22.8. The molecule has 0 radical (unpaired) electrons. The van der Waals surface area contributed by atoms with Gasteiger partial charge < -0.3 is 20.1 Å². The Balaban J connectivity index is 1.59. The maximum absolute atomic E-state index is 12.7. The Morgan fingerprint density at radius 3 is 2.66 bits per heavy atom. The van der Waals surface area contributed by atoms with Crippen molar-refractivity contribution in [3.05, 3.63) is 52.9 Å². The zero-order valence-corrected chi connectivity index (χ0v) is 18.8. The lowest BCUT2D eigenvalue weighted by atomic mass is 9.91. The van der Waals surface area contributed by atoms with Crippen LogP contribution in [-0.2, 0) is 20.8 Å². The summed E-state index contributed by atoms with van der Waals surface area (Å²) < 4.78 is 5.04. The number of nitrogens with zero attached hydrogens (tertiary/aromatic N) is 2.